The molecule has 0 radical (unpaired) electrons. The fourth-order valence-electron chi connectivity index (χ4n) is 1.18. The maximum atomic E-state index is 12.9. The number of hydrogen-bond acceptors (Lipinski definition) is 3. The van der Waals surface area contributed by atoms with Gasteiger partial charge in [0.1, 0.15) is 17.5 Å². The summed E-state index contributed by atoms with van der Waals surface area (Å²) in [5.74, 6) is -1.12. The van der Waals surface area contributed by atoms with Gasteiger partial charge in [-0.2, -0.15) is 5.26 Å². The van der Waals surface area contributed by atoms with Crippen LogP contribution in [-0.4, -0.2) is 12.1 Å². The summed E-state index contributed by atoms with van der Waals surface area (Å²) in [6, 6.07) is 7.37. The van der Waals surface area contributed by atoms with E-state index >= 15 is 0 Å². The summed E-state index contributed by atoms with van der Waals surface area (Å²) in [4.78, 5) is 11.5. The lowest BCUT2D eigenvalue weighted by molar-refractivity contribution is -0.142. The molecule has 0 aliphatic rings. The highest BCUT2D eigenvalue weighted by atomic mass is 19.1. The second-order valence-corrected chi connectivity index (χ2v) is 3.68. The lowest BCUT2D eigenvalue weighted by Gasteiger charge is -2.06. The average Bonchev–Trinajstić information content (AvgIpc) is 2.24. The standard InChI is InChI=1S/C13H12FNO2/c1-9(2)17-13(16)11(8-15)6-10-4-3-5-12(14)7-10/h3-7,9H,1-2H3/b11-6-. The molecule has 88 valence electrons. The van der Waals surface area contributed by atoms with Crippen molar-refractivity contribution < 1.29 is 13.9 Å². The van der Waals surface area contributed by atoms with Gasteiger partial charge in [0.15, 0.2) is 0 Å². The van der Waals surface area contributed by atoms with Crippen LogP contribution in [0, 0.1) is 17.1 Å². The molecule has 1 rings (SSSR count). The zero-order valence-electron chi connectivity index (χ0n) is 9.61. The highest BCUT2D eigenvalue weighted by molar-refractivity contribution is 5.97. The molecule has 4 heteroatoms. The molecular weight excluding hydrogens is 221 g/mol. The maximum absolute atomic E-state index is 12.9. The molecule has 1 aromatic carbocycles. The van der Waals surface area contributed by atoms with Gasteiger partial charge >= 0.3 is 5.97 Å². The SMILES string of the molecule is CC(C)OC(=O)/C(C#N)=C\c1cccc(F)c1. The van der Waals surface area contributed by atoms with Crippen molar-refractivity contribution >= 4 is 12.0 Å². The molecule has 0 atom stereocenters. The lowest BCUT2D eigenvalue weighted by Crippen LogP contribution is -2.12. The van der Waals surface area contributed by atoms with Crippen molar-refractivity contribution in [3.63, 3.8) is 0 Å². The van der Waals surface area contributed by atoms with Crippen molar-refractivity contribution in [1.29, 1.82) is 5.26 Å². The van der Waals surface area contributed by atoms with Gasteiger partial charge in [-0.3, -0.25) is 0 Å². The van der Waals surface area contributed by atoms with E-state index in [0.29, 0.717) is 5.56 Å². The number of hydrogen-bond donors (Lipinski definition) is 0. The Balaban J connectivity index is 2.95. The molecule has 0 fully saturated rings. The Morgan fingerprint density at radius 3 is 2.76 bits per heavy atom. The van der Waals surface area contributed by atoms with E-state index in [4.69, 9.17) is 10.00 Å². The Hall–Kier alpha value is -2.15. The lowest BCUT2D eigenvalue weighted by atomic mass is 10.1. The van der Waals surface area contributed by atoms with E-state index in [2.05, 4.69) is 0 Å². The third kappa shape index (κ3) is 4.07. The molecular formula is C13H12FNO2. The van der Waals surface area contributed by atoms with Crippen molar-refractivity contribution in [3.8, 4) is 6.07 Å². The molecule has 0 N–H and O–H groups in total. The van der Waals surface area contributed by atoms with Crippen LogP contribution in [0.4, 0.5) is 4.39 Å². The van der Waals surface area contributed by atoms with Crippen LogP contribution in [0.25, 0.3) is 6.08 Å². The summed E-state index contributed by atoms with van der Waals surface area (Å²) in [7, 11) is 0. The molecule has 17 heavy (non-hydrogen) atoms. The monoisotopic (exact) mass is 233 g/mol. The molecule has 0 unspecified atom stereocenters. The number of esters is 1. The summed E-state index contributed by atoms with van der Waals surface area (Å²) in [6.45, 7) is 3.38. The van der Waals surface area contributed by atoms with Crippen molar-refractivity contribution in [2.45, 2.75) is 20.0 Å². The number of nitriles is 1. The Kier molecular flexibility index (Phi) is 4.41. The highest BCUT2D eigenvalue weighted by Crippen LogP contribution is 2.10. The van der Waals surface area contributed by atoms with Crippen LogP contribution in [0.5, 0.6) is 0 Å². The van der Waals surface area contributed by atoms with Crippen LogP contribution < -0.4 is 0 Å². The van der Waals surface area contributed by atoms with Crippen molar-refractivity contribution in [2.75, 3.05) is 0 Å². The highest BCUT2D eigenvalue weighted by Gasteiger charge is 2.12. The first kappa shape index (κ1) is 12.9. The number of carbonyl (C=O) groups is 1. The molecule has 1 aromatic rings. The summed E-state index contributed by atoms with van der Waals surface area (Å²) in [5, 5.41) is 8.83. The van der Waals surface area contributed by atoms with Gasteiger partial charge in [0.25, 0.3) is 0 Å². The van der Waals surface area contributed by atoms with E-state index in [1.54, 1.807) is 26.0 Å². The summed E-state index contributed by atoms with van der Waals surface area (Å²) in [6.07, 6.45) is 1.00. The van der Waals surface area contributed by atoms with Gasteiger partial charge in [-0.15, -0.1) is 0 Å². The summed E-state index contributed by atoms with van der Waals surface area (Å²) in [5.41, 5.74) is 0.298. The second kappa shape index (κ2) is 5.80. The van der Waals surface area contributed by atoms with E-state index < -0.39 is 11.8 Å². The van der Waals surface area contributed by atoms with Crippen molar-refractivity contribution in [2.24, 2.45) is 0 Å². The molecule has 0 aromatic heterocycles. The zero-order chi connectivity index (χ0) is 12.8. The van der Waals surface area contributed by atoms with Gasteiger partial charge in [0.2, 0.25) is 0 Å². The minimum atomic E-state index is -0.702. The van der Waals surface area contributed by atoms with Crippen LogP contribution in [0.1, 0.15) is 19.4 Å². The zero-order valence-corrected chi connectivity index (χ0v) is 9.61. The molecule has 0 saturated carbocycles. The van der Waals surface area contributed by atoms with E-state index in [9.17, 15) is 9.18 Å². The van der Waals surface area contributed by atoms with E-state index in [0.717, 1.165) is 0 Å². The van der Waals surface area contributed by atoms with Crippen LogP contribution in [0.2, 0.25) is 0 Å². The Morgan fingerprint density at radius 1 is 1.53 bits per heavy atom. The van der Waals surface area contributed by atoms with Gasteiger partial charge in [0.05, 0.1) is 6.10 Å². The smallest absolute Gasteiger partial charge is 0.349 e. The first-order chi connectivity index (χ1) is 8.02. The van der Waals surface area contributed by atoms with Crippen molar-refractivity contribution in [1.82, 2.24) is 0 Å². The van der Waals surface area contributed by atoms with E-state index in [1.807, 2.05) is 0 Å². The van der Waals surface area contributed by atoms with Crippen LogP contribution >= 0.6 is 0 Å². The molecule has 3 nitrogen and oxygen atoms in total. The van der Waals surface area contributed by atoms with Gasteiger partial charge in [0, 0.05) is 0 Å². The molecule has 0 spiro atoms. The fraction of sp³-hybridized carbons (Fsp3) is 0.231. The van der Waals surface area contributed by atoms with Gasteiger partial charge in [-0.1, -0.05) is 12.1 Å². The maximum Gasteiger partial charge on any atom is 0.349 e. The molecule has 0 saturated heterocycles. The number of rotatable bonds is 3. The minimum absolute atomic E-state index is 0.149. The van der Waals surface area contributed by atoms with Crippen molar-refractivity contribution in [3.05, 3.63) is 41.2 Å². The fourth-order valence-corrected chi connectivity index (χ4v) is 1.18. The normalized spacial score (nSPS) is 11.1. The molecule has 0 aliphatic carbocycles. The molecule has 0 heterocycles. The van der Waals surface area contributed by atoms with Gasteiger partial charge in [-0.05, 0) is 37.6 Å². The van der Waals surface area contributed by atoms with Crippen LogP contribution in [0.3, 0.4) is 0 Å². The quantitative estimate of drug-likeness (QED) is 0.458. The predicted octanol–water partition coefficient (Wildman–Crippen LogP) is 2.68. The summed E-state index contributed by atoms with van der Waals surface area (Å²) < 4.78 is 17.8. The van der Waals surface area contributed by atoms with Crippen LogP contribution in [0.15, 0.2) is 29.8 Å². The number of halogens is 1. The number of carbonyl (C=O) groups excluding carboxylic acids is 1. The number of benzene rings is 1. The largest absolute Gasteiger partial charge is 0.459 e. The minimum Gasteiger partial charge on any atom is -0.459 e. The number of ether oxygens (including phenoxy) is 1. The Morgan fingerprint density at radius 2 is 2.24 bits per heavy atom. The number of nitrogens with zero attached hydrogens (tertiary/aromatic N) is 1. The van der Waals surface area contributed by atoms with Crippen LogP contribution in [-0.2, 0) is 9.53 Å². The molecule has 0 aliphatic heterocycles. The topological polar surface area (TPSA) is 50.1 Å². The Labute approximate surface area is 99.1 Å². The van der Waals surface area contributed by atoms with E-state index in [1.165, 1.54) is 24.3 Å². The average molecular weight is 233 g/mol. The molecule has 0 bridgehead atoms. The Bertz CT molecular complexity index is 486. The second-order valence-electron chi connectivity index (χ2n) is 3.68. The van der Waals surface area contributed by atoms with Gasteiger partial charge in [-0.25, -0.2) is 9.18 Å². The third-order valence-electron chi connectivity index (χ3n) is 1.84. The first-order valence-electron chi connectivity index (χ1n) is 5.11. The third-order valence-corrected chi connectivity index (χ3v) is 1.84. The van der Waals surface area contributed by atoms with Gasteiger partial charge < -0.3 is 4.74 Å². The van der Waals surface area contributed by atoms with E-state index in [-0.39, 0.29) is 11.7 Å². The summed E-state index contributed by atoms with van der Waals surface area (Å²) >= 11 is 0. The molecule has 0 amide bonds. The first-order valence-corrected chi connectivity index (χ1v) is 5.11. The predicted molar refractivity (Wildman–Crippen MR) is 61.2 cm³/mol.